The van der Waals surface area contributed by atoms with Crippen molar-refractivity contribution in [2.75, 3.05) is 12.3 Å². The SMILES string of the molecule is CCOC(=O)c1sc(-c2csc(I)c2)c(C)c1N. The van der Waals surface area contributed by atoms with Crippen molar-refractivity contribution >= 4 is 56.9 Å². The van der Waals surface area contributed by atoms with Gasteiger partial charge in [0.05, 0.1) is 15.2 Å². The molecule has 0 radical (unpaired) electrons. The second kappa shape index (κ2) is 5.58. The van der Waals surface area contributed by atoms with E-state index in [4.69, 9.17) is 10.5 Å². The Morgan fingerprint density at radius 1 is 1.56 bits per heavy atom. The lowest BCUT2D eigenvalue weighted by Crippen LogP contribution is -2.05. The van der Waals surface area contributed by atoms with E-state index in [0.717, 1.165) is 16.0 Å². The molecule has 2 aromatic heterocycles. The van der Waals surface area contributed by atoms with Crippen molar-refractivity contribution in [1.82, 2.24) is 0 Å². The molecule has 0 amide bonds. The van der Waals surface area contributed by atoms with Crippen LogP contribution in [0.1, 0.15) is 22.2 Å². The summed E-state index contributed by atoms with van der Waals surface area (Å²) in [5, 5.41) is 2.08. The van der Waals surface area contributed by atoms with Crippen LogP contribution in [0.25, 0.3) is 10.4 Å². The summed E-state index contributed by atoms with van der Waals surface area (Å²) in [6, 6.07) is 2.10. The second-order valence-electron chi connectivity index (χ2n) is 3.66. The third-order valence-corrected chi connectivity index (χ3v) is 5.61. The van der Waals surface area contributed by atoms with Crippen molar-refractivity contribution in [1.29, 1.82) is 0 Å². The molecule has 0 fully saturated rings. The predicted octanol–water partition coefficient (Wildman–Crippen LogP) is 4.15. The van der Waals surface area contributed by atoms with Crippen LogP contribution in [0.5, 0.6) is 0 Å². The molecule has 0 saturated carbocycles. The van der Waals surface area contributed by atoms with Gasteiger partial charge >= 0.3 is 5.97 Å². The summed E-state index contributed by atoms with van der Waals surface area (Å²) in [6.45, 7) is 4.09. The first kappa shape index (κ1) is 13.8. The standard InChI is InChI=1S/C12H12INO2S2/c1-3-16-12(15)11-9(14)6(2)10(18-11)7-4-8(13)17-5-7/h4-5H,3,14H2,1-2H3. The highest BCUT2D eigenvalue weighted by Crippen LogP contribution is 2.40. The lowest BCUT2D eigenvalue weighted by Gasteiger charge is -1.99. The predicted molar refractivity (Wildman–Crippen MR) is 85.5 cm³/mol. The van der Waals surface area contributed by atoms with Crippen LogP contribution in [0.3, 0.4) is 0 Å². The van der Waals surface area contributed by atoms with Gasteiger partial charge in [0.15, 0.2) is 0 Å². The number of esters is 1. The fraction of sp³-hybridized carbons (Fsp3) is 0.250. The molecule has 0 aliphatic rings. The Kier molecular flexibility index (Phi) is 4.29. The number of carbonyl (C=O) groups excluding carboxylic acids is 1. The van der Waals surface area contributed by atoms with E-state index in [2.05, 4.69) is 34.0 Å². The molecule has 0 aromatic carbocycles. The van der Waals surface area contributed by atoms with Crippen LogP contribution in [-0.2, 0) is 4.74 Å². The summed E-state index contributed by atoms with van der Waals surface area (Å²) in [7, 11) is 0. The Hall–Kier alpha value is -0.600. The molecule has 0 bridgehead atoms. The first-order valence-electron chi connectivity index (χ1n) is 5.35. The van der Waals surface area contributed by atoms with Crippen LogP contribution < -0.4 is 5.73 Å². The summed E-state index contributed by atoms with van der Waals surface area (Å²) in [5.74, 6) is -0.334. The van der Waals surface area contributed by atoms with Gasteiger partial charge in [-0.05, 0) is 48.1 Å². The highest BCUT2D eigenvalue weighted by molar-refractivity contribution is 14.1. The van der Waals surface area contributed by atoms with Gasteiger partial charge in [0.2, 0.25) is 0 Å². The minimum Gasteiger partial charge on any atom is -0.462 e. The molecule has 0 atom stereocenters. The fourth-order valence-electron chi connectivity index (χ4n) is 1.58. The molecule has 96 valence electrons. The van der Waals surface area contributed by atoms with Crippen LogP contribution in [0.2, 0.25) is 0 Å². The number of nitrogens with two attached hydrogens (primary N) is 1. The summed E-state index contributed by atoms with van der Waals surface area (Å²) in [4.78, 5) is 13.3. The first-order chi connectivity index (χ1) is 8.54. The van der Waals surface area contributed by atoms with Crippen molar-refractivity contribution in [2.24, 2.45) is 0 Å². The van der Waals surface area contributed by atoms with Crippen molar-refractivity contribution < 1.29 is 9.53 Å². The molecule has 3 nitrogen and oxygen atoms in total. The normalized spacial score (nSPS) is 10.6. The van der Waals surface area contributed by atoms with Gasteiger partial charge in [-0.25, -0.2) is 4.79 Å². The molecule has 2 N–H and O–H groups in total. The summed E-state index contributed by atoms with van der Waals surface area (Å²) >= 11 is 5.36. The molecule has 0 saturated heterocycles. The van der Waals surface area contributed by atoms with Crippen LogP contribution >= 0.6 is 45.3 Å². The molecule has 0 unspecified atom stereocenters. The number of nitrogen functional groups attached to an aromatic ring is 1. The zero-order valence-electron chi connectivity index (χ0n) is 9.95. The third kappa shape index (κ3) is 2.55. The maximum atomic E-state index is 11.8. The van der Waals surface area contributed by atoms with Gasteiger partial charge in [0, 0.05) is 15.8 Å². The van der Waals surface area contributed by atoms with Gasteiger partial charge in [-0.3, -0.25) is 0 Å². The monoisotopic (exact) mass is 393 g/mol. The number of anilines is 1. The maximum Gasteiger partial charge on any atom is 0.350 e. The molecule has 0 spiro atoms. The minimum absolute atomic E-state index is 0.334. The van der Waals surface area contributed by atoms with Crippen molar-refractivity contribution in [2.45, 2.75) is 13.8 Å². The summed E-state index contributed by atoms with van der Waals surface area (Å²) < 4.78 is 6.23. The average Bonchev–Trinajstić information content (AvgIpc) is 2.86. The largest absolute Gasteiger partial charge is 0.462 e. The molecule has 2 heterocycles. The first-order valence-corrected chi connectivity index (χ1v) is 8.12. The minimum atomic E-state index is -0.334. The zero-order chi connectivity index (χ0) is 13.3. The van der Waals surface area contributed by atoms with E-state index in [1.54, 1.807) is 18.3 Å². The molecule has 2 rings (SSSR count). The Morgan fingerprint density at radius 3 is 2.83 bits per heavy atom. The molecular weight excluding hydrogens is 381 g/mol. The van der Waals surface area contributed by atoms with E-state index in [0.29, 0.717) is 17.2 Å². The molecule has 0 aliphatic carbocycles. The maximum absolute atomic E-state index is 11.8. The number of carbonyl (C=O) groups is 1. The molecule has 0 aliphatic heterocycles. The van der Waals surface area contributed by atoms with Crippen molar-refractivity contribution in [3.63, 3.8) is 0 Å². The number of ether oxygens (including phenoxy) is 1. The number of hydrogen-bond donors (Lipinski definition) is 1. The van der Waals surface area contributed by atoms with E-state index in [1.165, 1.54) is 14.2 Å². The van der Waals surface area contributed by atoms with E-state index in [1.807, 2.05) is 6.92 Å². The van der Waals surface area contributed by atoms with Gasteiger partial charge in [-0.15, -0.1) is 22.7 Å². The Morgan fingerprint density at radius 2 is 2.28 bits per heavy atom. The smallest absolute Gasteiger partial charge is 0.350 e. The van der Waals surface area contributed by atoms with E-state index in [9.17, 15) is 4.79 Å². The Labute approximate surface area is 127 Å². The van der Waals surface area contributed by atoms with E-state index < -0.39 is 0 Å². The van der Waals surface area contributed by atoms with Gasteiger partial charge in [-0.1, -0.05) is 0 Å². The van der Waals surface area contributed by atoms with E-state index >= 15 is 0 Å². The molecule has 18 heavy (non-hydrogen) atoms. The third-order valence-electron chi connectivity index (χ3n) is 2.48. The summed E-state index contributed by atoms with van der Waals surface area (Å²) in [6.07, 6.45) is 0. The lowest BCUT2D eigenvalue weighted by atomic mass is 10.1. The van der Waals surface area contributed by atoms with Crippen molar-refractivity contribution in [3.8, 4) is 10.4 Å². The van der Waals surface area contributed by atoms with Gasteiger partial charge in [-0.2, -0.15) is 0 Å². The number of rotatable bonds is 3. The highest BCUT2D eigenvalue weighted by atomic mass is 127. The topological polar surface area (TPSA) is 52.3 Å². The van der Waals surface area contributed by atoms with Gasteiger partial charge in [0.1, 0.15) is 4.88 Å². The van der Waals surface area contributed by atoms with Gasteiger partial charge < -0.3 is 10.5 Å². The molecule has 6 heteroatoms. The van der Waals surface area contributed by atoms with Crippen LogP contribution in [-0.4, -0.2) is 12.6 Å². The van der Waals surface area contributed by atoms with E-state index in [-0.39, 0.29) is 5.97 Å². The molecular formula is C12H12INO2S2. The quantitative estimate of drug-likeness (QED) is 0.630. The van der Waals surface area contributed by atoms with Crippen LogP contribution in [0.15, 0.2) is 11.4 Å². The molecule has 2 aromatic rings. The highest BCUT2D eigenvalue weighted by Gasteiger charge is 2.20. The number of halogens is 1. The van der Waals surface area contributed by atoms with Crippen LogP contribution in [0, 0.1) is 9.81 Å². The Bertz CT molecular complexity index is 589. The lowest BCUT2D eigenvalue weighted by molar-refractivity contribution is 0.0533. The van der Waals surface area contributed by atoms with Crippen molar-refractivity contribution in [3.05, 3.63) is 24.8 Å². The Balaban J connectivity index is 2.45. The average molecular weight is 393 g/mol. The second-order valence-corrected chi connectivity index (χ2v) is 7.48. The number of hydrogen-bond acceptors (Lipinski definition) is 5. The van der Waals surface area contributed by atoms with Crippen LogP contribution in [0.4, 0.5) is 5.69 Å². The zero-order valence-corrected chi connectivity index (χ0v) is 13.7. The fourth-order valence-corrected chi connectivity index (χ4v) is 4.10. The summed E-state index contributed by atoms with van der Waals surface area (Å²) in [5.41, 5.74) is 8.60. The number of thiophene rings is 2. The van der Waals surface area contributed by atoms with Gasteiger partial charge in [0.25, 0.3) is 0 Å².